The molecule has 0 atom stereocenters. The Hall–Kier alpha value is -3.85. The van der Waals surface area contributed by atoms with Crippen LogP contribution in [0.4, 0.5) is 0 Å². The summed E-state index contributed by atoms with van der Waals surface area (Å²) < 4.78 is 4.60. The van der Waals surface area contributed by atoms with E-state index in [1.54, 1.807) is 0 Å². The summed E-state index contributed by atoms with van der Waals surface area (Å²) >= 11 is 0. The van der Waals surface area contributed by atoms with Gasteiger partial charge in [0.2, 0.25) is 0 Å². The van der Waals surface area contributed by atoms with Gasteiger partial charge in [0, 0.05) is 52.2 Å². The second kappa shape index (κ2) is 6.08. The van der Waals surface area contributed by atoms with Gasteiger partial charge >= 0.3 is 0 Å². The summed E-state index contributed by atoms with van der Waals surface area (Å²) in [7, 11) is 0. The van der Waals surface area contributed by atoms with Crippen molar-refractivity contribution < 1.29 is 0 Å². The highest BCUT2D eigenvalue weighted by Gasteiger charge is 2.15. The lowest BCUT2D eigenvalue weighted by atomic mass is 10.1. The van der Waals surface area contributed by atoms with E-state index >= 15 is 0 Å². The van der Waals surface area contributed by atoms with Crippen LogP contribution in [-0.4, -0.2) is 14.1 Å². The molecule has 138 valence electrons. The fourth-order valence-electron chi connectivity index (χ4n) is 4.58. The molecular weight excluding hydrogens is 354 g/mol. The average Bonchev–Trinajstić information content (AvgIpc) is 3.25. The maximum Gasteiger partial charge on any atom is 0.0542 e. The molecule has 3 nitrogen and oxygen atoms in total. The number of fused-ring (bicyclic) bond motifs is 6. The average molecular weight is 373 g/mol. The molecule has 29 heavy (non-hydrogen) atoms. The summed E-state index contributed by atoms with van der Waals surface area (Å²) in [5.41, 5.74) is 6.07. The smallest absolute Gasteiger partial charge is 0.0542 e. The monoisotopic (exact) mass is 373 g/mol. The molecule has 3 aromatic heterocycles. The minimum absolute atomic E-state index is 0.795. The van der Waals surface area contributed by atoms with Crippen LogP contribution in [-0.2, 0) is 6.54 Å². The molecule has 6 rings (SSSR count). The van der Waals surface area contributed by atoms with Crippen molar-refractivity contribution in [2.45, 2.75) is 6.54 Å². The first-order chi connectivity index (χ1) is 14.3. The van der Waals surface area contributed by atoms with Gasteiger partial charge in [-0.3, -0.25) is 4.98 Å². The van der Waals surface area contributed by atoms with Gasteiger partial charge in [-0.1, -0.05) is 49.0 Å². The van der Waals surface area contributed by atoms with Gasteiger partial charge in [-0.15, -0.1) is 0 Å². The molecule has 6 aromatic rings. The highest BCUT2D eigenvalue weighted by Crippen LogP contribution is 2.37. The first kappa shape index (κ1) is 16.1. The zero-order valence-corrected chi connectivity index (χ0v) is 15.9. The van der Waals surface area contributed by atoms with E-state index in [1.165, 1.54) is 49.2 Å². The first-order valence-corrected chi connectivity index (χ1v) is 9.80. The third-order valence-electron chi connectivity index (χ3n) is 5.85. The van der Waals surface area contributed by atoms with E-state index in [-0.39, 0.29) is 0 Å². The molecule has 0 saturated heterocycles. The van der Waals surface area contributed by atoms with E-state index in [0.29, 0.717) is 0 Å². The number of rotatable bonds is 3. The standard InChI is InChI=1S/C26H19N3/c1-2-28-23-11-5-3-9-19(23)21-15-26-22(14-25(21)28)20-10-4-6-12-24(20)29(26)17-18-8-7-13-27-16-18/h2-16H,1,17H2. The lowest BCUT2D eigenvalue weighted by molar-refractivity contribution is 0.863. The molecular formula is C26H19N3. The highest BCUT2D eigenvalue weighted by atomic mass is 15.0. The Bertz CT molecular complexity index is 1530. The van der Waals surface area contributed by atoms with Gasteiger partial charge in [-0.25, -0.2) is 0 Å². The van der Waals surface area contributed by atoms with E-state index < -0.39 is 0 Å². The van der Waals surface area contributed by atoms with Gasteiger partial charge in [-0.05, 0) is 35.9 Å². The van der Waals surface area contributed by atoms with Crippen LogP contribution in [0.25, 0.3) is 49.8 Å². The number of pyridine rings is 1. The molecule has 0 N–H and O–H groups in total. The predicted molar refractivity (Wildman–Crippen MR) is 122 cm³/mol. The molecule has 0 fully saturated rings. The van der Waals surface area contributed by atoms with Crippen molar-refractivity contribution in [3.05, 3.63) is 97.3 Å². The minimum atomic E-state index is 0.795. The molecule has 0 unspecified atom stereocenters. The van der Waals surface area contributed by atoms with Crippen LogP contribution in [0.15, 0.2) is 91.8 Å². The second-order valence-corrected chi connectivity index (χ2v) is 7.42. The number of hydrogen-bond donors (Lipinski definition) is 0. The van der Waals surface area contributed by atoms with Crippen LogP contribution < -0.4 is 0 Å². The number of nitrogens with zero attached hydrogens (tertiary/aromatic N) is 3. The van der Waals surface area contributed by atoms with E-state index in [2.05, 4.69) is 87.4 Å². The maximum absolute atomic E-state index is 4.30. The molecule has 0 aliphatic carbocycles. The van der Waals surface area contributed by atoms with Crippen LogP contribution in [0, 0.1) is 0 Å². The number of para-hydroxylation sites is 2. The van der Waals surface area contributed by atoms with E-state index in [9.17, 15) is 0 Å². The molecule has 3 heteroatoms. The molecule has 0 spiro atoms. The Labute approximate surface area is 168 Å². The molecule has 0 saturated carbocycles. The third kappa shape index (κ3) is 2.28. The molecule has 0 aliphatic rings. The maximum atomic E-state index is 4.30. The molecule has 0 radical (unpaired) electrons. The van der Waals surface area contributed by atoms with Crippen LogP contribution in [0.2, 0.25) is 0 Å². The van der Waals surface area contributed by atoms with Crippen molar-refractivity contribution in [2.75, 3.05) is 0 Å². The molecule has 3 aromatic carbocycles. The van der Waals surface area contributed by atoms with Gasteiger partial charge in [0.15, 0.2) is 0 Å². The van der Waals surface area contributed by atoms with Crippen LogP contribution >= 0.6 is 0 Å². The Morgan fingerprint density at radius 3 is 2.17 bits per heavy atom. The van der Waals surface area contributed by atoms with Crippen molar-refractivity contribution >= 4 is 49.8 Å². The van der Waals surface area contributed by atoms with Crippen molar-refractivity contribution in [3.8, 4) is 0 Å². The summed E-state index contributed by atoms with van der Waals surface area (Å²) in [4.78, 5) is 4.30. The Balaban J connectivity index is 1.76. The number of benzene rings is 3. The van der Waals surface area contributed by atoms with Gasteiger partial charge in [0.25, 0.3) is 0 Å². The zero-order valence-electron chi connectivity index (χ0n) is 15.9. The lowest BCUT2D eigenvalue weighted by Crippen LogP contribution is -1.99. The topological polar surface area (TPSA) is 22.8 Å². The lowest BCUT2D eigenvalue weighted by Gasteiger charge is -2.08. The molecule has 0 bridgehead atoms. The summed E-state index contributed by atoms with van der Waals surface area (Å²) in [5, 5.41) is 5.04. The predicted octanol–water partition coefficient (Wildman–Crippen LogP) is 6.45. The van der Waals surface area contributed by atoms with Gasteiger partial charge in [0.05, 0.1) is 16.6 Å². The third-order valence-corrected chi connectivity index (χ3v) is 5.85. The fourth-order valence-corrected chi connectivity index (χ4v) is 4.58. The van der Waals surface area contributed by atoms with Crippen molar-refractivity contribution in [3.63, 3.8) is 0 Å². The van der Waals surface area contributed by atoms with E-state index in [4.69, 9.17) is 0 Å². The van der Waals surface area contributed by atoms with Crippen molar-refractivity contribution in [2.24, 2.45) is 0 Å². The Kier molecular flexibility index (Phi) is 3.38. The van der Waals surface area contributed by atoms with Crippen molar-refractivity contribution in [1.29, 1.82) is 0 Å². The molecule has 0 aliphatic heterocycles. The van der Waals surface area contributed by atoms with Crippen LogP contribution in [0.1, 0.15) is 5.56 Å². The summed E-state index contributed by atoms with van der Waals surface area (Å²) in [6.07, 6.45) is 5.68. The van der Waals surface area contributed by atoms with Crippen LogP contribution in [0.3, 0.4) is 0 Å². The minimum Gasteiger partial charge on any atom is -0.336 e. The normalized spacial score (nSPS) is 11.7. The largest absolute Gasteiger partial charge is 0.336 e. The molecule has 0 amide bonds. The Morgan fingerprint density at radius 2 is 1.41 bits per heavy atom. The Morgan fingerprint density at radius 1 is 0.724 bits per heavy atom. The highest BCUT2D eigenvalue weighted by molar-refractivity contribution is 6.18. The van der Waals surface area contributed by atoms with Gasteiger partial charge in [0.1, 0.15) is 0 Å². The van der Waals surface area contributed by atoms with Gasteiger partial charge in [-0.2, -0.15) is 0 Å². The summed E-state index contributed by atoms with van der Waals surface area (Å²) in [5.74, 6) is 0. The SMILES string of the molecule is C=Cn1c2ccccc2c2cc3c(cc21)c1ccccc1n3Cc1cccnc1. The quantitative estimate of drug-likeness (QED) is 0.350. The fraction of sp³-hybridized carbons (Fsp3) is 0.0385. The van der Waals surface area contributed by atoms with Gasteiger partial charge < -0.3 is 9.13 Å². The van der Waals surface area contributed by atoms with E-state index in [1.807, 2.05) is 24.7 Å². The van der Waals surface area contributed by atoms with Crippen molar-refractivity contribution in [1.82, 2.24) is 14.1 Å². The zero-order chi connectivity index (χ0) is 19.4. The second-order valence-electron chi connectivity index (χ2n) is 7.42. The molecule has 3 heterocycles. The van der Waals surface area contributed by atoms with Crippen LogP contribution in [0.5, 0.6) is 0 Å². The number of aromatic nitrogens is 3. The first-order valence-electron chi connectivity index (χ1n) is 9.80. The summed E-state index contributed by atoms with van der Waals surface area (Å²) in [6, 6.07) is 26.0. The van der Waals surface area contributed by atoms with E-state index in [0.717, 1.165) is 6.54 Å². The number of hydrogen-bond acceptors (Lipinski definition) is 1. The summed E-state index contributed by atoms with van der Waals surface area (Å²) in [6.45, 7) is 4.85.